The van der Waals surface area contributed by atoms with E-state index in [4.69, 9.17) is 11.6 Å². The Labute approximate surface area is 163 Å². The number of halogens is 1. The molecule has 1 aromatic carbocycles. The molecule has 4 nitrogen and oxygen atoms in total. The maximum atomic E-state index is 12.6. The predicted molar refractivity (Wildman–Crippen MR) is 108 cm³/mol. The minimum Gasteiger partial charge on any atom is -0.369 e. The molecule has 2 aliphatic heterocycles. The summed E-state index contributed by atoms with van der Waals surface area (Å²) in [7, 11) is 0. The highest BCUT2D eigenvalue weighted by molar-refractivity contribution is 7.10. The summed E-state index contributed by atoms with van der Waals surface area (Å²) in [5, 5.41) is 6.30. The second kappa shape index (κ2) is 8.09. The van der Waals surface area contributed by atoms with E-state index >= 15 is 0 Å². The van der Waals surface area contributed by atoms with Gasteiger partial charge in [-0.2, -0.15) is 0 Å². The van der Waals surface area contributed by atoms with Crippen molar-refractivity contribution in [3.05, 3.63) is 51.2 Å². The molecule has 0 saturated carbocycles. The highest BCUT2D eigenvalue weighted by atomic mass is 35.5. The fraction of sp³-hybridized carbons (Fsp3) is 0.450. The van der Waals surface area contributed by atoms with E-state index in [2.05, 4.69) is 38.7 Å². The Bertz CT molecular complexity index is 753. The third kappa shape index (κ3) is 4.12. The quantitative estimate of drug-likeness (QED) is 0.851. The standard InChI is InChI=1S/C20H24ClN3OS/c21-16-1-3-17(4-2-16)24-10-8-23(9-11-24)7-5-19(25)18-13-15-6-12-26-20(15)14-22-18/h1-4,6,12,18,22H,5,7-11,13-14H2. The second-order valence-electron chi connectivity index (χ2n) is 7.03. The average Bonchev–Trinajstić information content (AvgIpc) is 3.15. The highest BCUT2D eigenvalue weighted by Crippen LogP contribution is 2.23. The number of anilines is 1. The van der Waals surface area contributed by atoms with Gasteiger partial charge in [0.2, 0.25) is 0 Å². The van der Waals surface area contributed by atoms with E-state index in [0.717, 1.165) is 50.7 Å². The molecule has 0 aliphatic carbocycles. The van der Waals surface area contributed by atoms with Gasteiger partial charge in [0.1, 0.15) is 0 Å². The number of nitrogens with one attached hydrogen (secondary N) is 1. The van der Waals surface area contributed by atoms with E-state index < -0.39 is 0 Å². The summed E-state index contributed by atoms with van der Waals surface area (Å²) in [6, 6.07) is 10.2. The number of hydrogen-bond acceptors (Lipinski definition) is 5. The third-order valence-corrected chi connectivity index (χ3v) is 6.61. The average molecular weight is 390 g/mol. The van der Waals surface area contributed by atoms with Crippen LogP contribution in [0.15, 0.2) is 35.7 Å². The Morgan fingerprint density at radius 1 is 1.15 bits per heavy atom. The van der Waals surface area contributed by atoms with E-state index in [0.29, 0.717) is 12.2 Å². The molecule has 0 radical (unpaired) electrons. The van der Waals surface area contributed by atoms with Crippen LogP contribution in [-0.4, -0.2) is 49.4 Å². The molecule has 3 heterocycles. The lowest BCUT2D eigenvalue weighted by molar-refractivity contribution is -0.121. The molecule has 2 aliphatic rings. The van der Waals surface area contributed by atoms with Gasteiger partial charge >= 0.3 is 0 Å². The van der Waals surface area contributed by atoms with Crippen LogP contribution in [0.25, 0.3) is 0 Å². The lowest BCUT2D eigenvalue weighted by atomic mass is 9.97. The van der Waals surface area contributed by atoms with Crippen LogP contribution in [0.2, 0.25) is 5.02 Å². The van der Waals surface area contributed by atoms with Gasteiger partial charge in [0.25, 0.3) is 0 Å². The van der Waals surface area contributed by atoms with Gasteiger partial charge in [0.15, 0.2) is 5.78 Å². The van der Waals surface area contributed by atoms with Gasteiger partial charge in [0, 0.05) is 61.3 Å². The molecule has 26 heavy (non-hydrogen) atoms. The number of benzene rings is 1. The van der Waals surface area contributed by atoms with Crippen molar-refractivity contribution in [1.82, 2.24) is 10.2 Å². The van der Waals surface area contributed by atoms with Gasteiger partial charge in [-0.1, -0.05) is 11.6 Å². The second-order valence-corrected chi connectivity index (χ2v) is 8.47. The molecule has 0 bridgehead atoms. The number of Topliss-reactive ketones (excluding diaryl/α,β-unsaturated/α-hetero) is 1. The van der Waals surface area contributed by atoms with Crippen molar-refractivity contribution in [1.29, 1.82) is 0 Å². The lowest BCUT2D eigenvalue weighted by Crippen LogP contribution is -2.48. The first kappa shape index (κ1) is 18.0. The molecule has 2 aromatic rings. The number of carbonyl (C=O) groups is 1. The maximum Gasteiger partial charge on any atom is 0.151 e. The summed E-state index contributed by atoms with van der Waals surface area (Å²) in [6.07, 6.45) is 1.49. The van der Waals surface area contributed by atoms with Crippen LogP contribution < -0.4 is 10.2 Å². The van der Waals surface area contributed by atoms with Crippen LogP contribution in [0, 0.1) is 0 Å². The molecule has 1 aromatic heterocycles. The molecule has 1 atom stereocenters. The summed E-state index contributed by atoms with van der Waals surface area (Å²) < 4.78 is 0. The van der Waals surface area contributed by atoms with E-state index in [9.17, 15) is 4.79 Å². The third-order valence-electron chi connectivity index (χ3n) is 5.40. The summed E-state index contributed by atoms with van der Waals surface area (Å²) in [5.41, 5.74) is 2.58. The molecule has 0 amide bonds. The molecule has 6 heteroatoms. The molecule has 1 saturated heterocycles. The van der Waals surface area contributed by atoms with Gasteiger partial charge in [-0.05, 0) is 47.7 Å². The molecule has 1 fully saturated rings. The minimum absolute atomic E-state index is 0.00698. The minimum atomic E-state index is -0.00698. The maximum absolute atomic E-state index is 12.6. The number of rotatable bonds is 5. The molecule has 4 rings (SSSR count). The SMILES string of the molecule is O=C(CCN1CCN(c2ccc(Cl)cc2)CC1)C1Cc2ccsc2CN1. The molecule has 0 spiro atoms. The van der Waals surface area contributed by atoms with Crippen LogP contribution in [0.1, 0.15) is 16.9 Å². The number of carbonyl (C=O) groups excluding carboxylic acids is 1. The molecule has 138 valence electrons. The topological polar surface area (TPSA) is 35.6 Å². The number of fused-ring (bicyclic) bond motifs is 1. The van der Waals surface area contributed by atoms with Gasteiger partial charge < -0.3 is 10.2 Å². The van der Waals surface area contributed by atoms with Gasteiger partial charge in [-0.3, -0.25) is 9.69 Å². The van der Waals surface area contributed by atoms with Crippen molar-refractivity contribution in [3.63, 3.8) is 0 Å². The van der Waals surface area contributed by atoms with Gasteiger partial charge in [0.05, 0.1) is 6.04 Å². The van der Waals surface area contributed by atoms with Crippen molar-refractivity contribution >= 4 is 34.4 Å². The van der Waals surface area contributed by atoms with Gasteiger partial charge in [-0.15, -0.1) is 11.3 Å². The smallest absolute Gasteiger partial charge is 0.151 e. The first-order chi connectivity index (χ1) is 12.7. The van der Waals surface area contributed by atoms with E-state index in [1.54, 1.807) is 11.3 Å². The van der Waals surface area contributed by atoms with Crippen LogP contribution in [-0.2, 0) is 17.8 Å². The monoisotopic (exact) mass is 389 g/mol. The van der Waals surface area contributed by atoms with E-state index in [1.807, 2.05) is 12.1 Å². The van der Waals surface area contributed by atoms with Crippen LogP contribution in [0.4, 0.5) is 5.69 Å². The van der Waals surface area contributed by atoms with E-state index in [-0.39, 0.29) is 6.04 Å². The number of hydrogen-bond donors (Lipinski definition) is 1. The number of ketones is 1. The summed E-state index contributed by atoms with van der Waals surface area (Å²) in [4.78, 5) is 18.8. The van der Waals surface area contributed by atoms with Crippen molar-refractivity contribution in [2.75, 3.05) is 37.6 Å². The Hall–Kier alpha value is -1.40. The van der Waals surface area contributed by atoms with Gasteiger partial charge in [-0.25, -0.2) is 0 Å². The number of nitrogens with zero attached hydrogens (tertiary/aromatic N) is 2. The normalized spacial score (nSPS) is 20.8. The Morgan fingerprint density at radius 3 is 2.69 bits per heavy atom. The van der Waals surface area contributed by atoms with E-state index in [1.165, 1.54) is 16.1 Å². The fourth-order valence-electron chi connectivity index (χ4n) is 3.76. The number of thiophene rings is 1. The first-order valence-electron chi connectivity index (χ1n) is 9.23. The highest BCUT2D eigenvalue weighted by Gasteiger charge is 2.25. The van der Waals surface area contributed by atoms with Crippen molar-refractivity contribution in [2.45, 2.75) is 25.4 Å². The largest absolute Gasteiger partial charge is 0.369 e. The fourth-order valence-corrected chi connectivity index (χ4v) is 4.76. The Kier molecular flexibility index (Phi) is 5.60. The summed E-state index contributed by atoms with van der Waals surface area (Å²) >= 11 is 7.75. The molecular weight excluding hydrogens is 366 g/mol. The van der Waals surface area contributed by atoms with Crippen LogP contribution in [0.3, 0.4) is 0 Å². The zero-order valence-electron chi connectivity index (χ0n) is 14.8. The first-order valence-corrected chi connectivity index (χ1v) is 10.5. The van der Waals surface area contributed by atoms with Crippen molar-refractivity contribution in [2.24, 2.45) is 0 Å². The molecule has 1 unspecified atom stereocenters. The molecular formula is C20H24ClN3OS. The lowest BCUT2D eigenvalue weighted by Gasteiger charge is -2.36. The Balaban J connectivity index is 1.22. The van der Waals surface area contributed by atoms with Crippen molar-refractivity contribution in [3.8, 4) is 0 Å². The predicted octanol–water partition coefficient (Wildman–Crippen LogP) is 3.20. The van der Waals surface area contributed by atoms with Crippen LogP contribution >= 0.6 is 22.9 Å². The van der Waals surface area contributed by atoms with Crippen LogP contribution in [0.5, 0.6) is 0 Å². The Morgan fingerprint density at radius 2 is 1.92 bits per heavy atom. The van der Waals surface area contributed by atoms with Crippen molar-refractivity contribution < 1.29 is 4.79 Å². The zero-order valence-corrected chi connectivity index (χ0v) is 16.4. The number of piperazine rings is 1. The summed E-state index contributed by atoms with van der Waals surface area (Å²) in [5.74, 6) is 0.349. The molecule has 1 N–H and O–H groups in total. The summed E-state index contributed by atoms with van der Waals surface area (Å²) in [6.45, 7) is 5.70. The zero-order chi connectivity index (χ0) is 17.9.